The number of anilines is 1. The number of fused-ring (bicyclic) bond motifs is 1. The van der Waals surface area contributed by atoms with Gasteiger partial charge in [-0.25, -0.2) is 9.67 Å². The molecule has 2 fully saturated rings. The molecule has 2 aliphatic rings. The summed E-state index contributed by atoms with van der Waals surface area (Å²) in [4.78, 5) is 18.1. The van der Waals surface area contributed by atoms with Crippen LogP contribution in [0.15, 0.2) is 16.8 Å². The Hall–Kier alpha value is -3.01. The van der Waals surface area contributed by atoms with E-state index in [1.807, 2.05) is 22.7 Å². The first-order valence-corrected chi connectivity index (χ1v) is 11.9. The van der Waals surface area contributed by atoms with E-state index in [4.69, 9.17) is 9.15 Å². The summed E-state index contributed by atoms with van der Waals surface area (Å²) in [5, 5.41) is 17.6. The van der Waals surface area contributed by atoms with E-state index in [1.165, 1.54) is 0 Å². The number of nitrogens with zero attached hydrogens (tertiary/aromatic N) is 6. The molecule has 0 bridgehead atoms. The Balaban J connectivity index is 1.39. The maximum atomic E-state index is 11.6. The second-order valence-corrected chi connectivity index (χ2v) is 8.90. The van der Waals surface area contributed by atoms with Crippen LogP contribution in [0.2, 0.25) is 0 Å². The highest BCUT2D eigenvalue weighted by Crippen LogP contribution is 2.35. The Morgan fingerprint density at radius 2 is 2.03 bits per heavy atom. The lowest BCUT2D eigenvalue weighted by Crippen LogP contribution is -2.37. The van der Waals surface area contributed by atoms with E-state index < -0.39 is 0 Å². The van der Waals surface area contributed by atoms with Crippen molar-refractivity contribution in [3.63, 3.8) is 0 Å². The molecule has 2 saturated heterocycles. The molecule has 1 amide bonds. The minimum Gasteiger partial charge on any atom is -0.421 e. The standard InChI is InChI=1S/C23H31N7O3/c1-3-30-22-17(14-25-30)21(26-19-6-4-5-11-32-19)18(13-24-22)23-28-27-20(33-23)12-16-7-9-29(10-8-16)15(2)31/h13-14,16,19H,3-12H2,1-2H3,(H,24,26). The number of amides is 1. The maximum Gasteiger partial charge on any atom is 0.251 e. The average molecular weight is 454 g/mol. The number of hydrogen-bond donors (Lipinski definition) is 1. The molecule has 3 aromatic rings. The molecule has 0 spiro atoms. The predicted octanol–water partition coefficient (Wildman–Crippen LogP) is 3.24. The number of aromatic nitrogens is 5. The molecule has 5 heterocycles. The number of pyridine rings is 1. The fraction of sp³-hybridized carbons (Fsp3) is 0.609. The van der Waals surface area contributed by atoms with Crippen LogP contribution in [0.4, 0.5) is 5.69 Å². The number of piperidine rings is 1. The first kappa shape index (κ1) is 21.8. The normalized spacial score (nSPS) is 19.8. The molecule has 0 radical (unpaired) electrons. The van der Waals surface area contributed by atoms with E-state index in [1.54, 1.807) is 13.1 Å². The number of aryl methyl sites for hydroxylation is 1. The number of likely N-dealkylation sites (tertiary alicyclic amines) is 1. The molecule has 0 aromatic carbocycles. The highest BCUT2D eigenvalue weighted by molar-refractivity contribution is 5.96. The van der Waals surface area contributed by atoms with Crippen molar-refractivity contribution in [1.29, 1.82) is 0 Å². The fourth-order valence-corrected chi connectivity index (χ4v) is 4.74. The lowest BCUT2D eigenvalue weighted by atomic mass is 9.93. The summed E-state index contributed by atoms with van der Waals surface area (Å²) >= 11 is 0. The van der Waals surface area contributed by atoms with Gasteiger partial charge in [0.1, 0.15) is 6.23 Å². The monoisotopic (exact) mass is 453 g/mol. The lowest BCUT2D eigenvalue weighted by molar-refractivity contribution is -0.130. The predicted molar refractivity (Wildman–Crippen MR) is 122 cm³/mol. The zero-order chi connectivity index (χ0) is 22.8. The van der Waals surface area contributed by atoms with Gasteiger partial charge in [0, 0.05) is 45.8 Å². The molecule has 10 heteroatoms. The van der Waals surface area contributed by atoms with Crippen LogP contribution in [0, 0.1) is 5.92 Å². The molecule has 0 aliphatic carbocycles. The van der Waals surface area contributed by atoms with E-state index in [0.717, 1.165) is 87.1 Å². The first-order chi connectivity index (χ1) is 16.1. The molecule has 176 valence electrons. The fourth-order valence-electron chi connectivity index (χ4n) is 4.74. The number of carbonyl (C=O) groups excluding carboxylic acids is 1. The Kier molecular flexibility index (Phi) is 6.26. The zero-order valence-electron chi connectivity index (χ0n) is 19.3. The van der Waals surface area contributed by atoms with Gasteiger partial charge in [0.05, 0.1) is 22.8 Å². The summed E-state index contributed by atoms with van der Waals surface area (Å²) < 4.78 is 13.9. The second kappa shape index (κ2) is 9.46. The van der Waals surface area contributed by atoms with Crippen molar-refractivity contribution in [2.24, 2.45) is 5.92 Å². The smallest absolute Gasteiger partial charge is 0.251 e. The number of ether oxygens (including phenoxy) is 1. The van der Waals surface area contributed by atoms with Crippen LogP contribution in [0.3, 0.4) is 0 Å². The van der Waals surface area contributed by atoms with E-state index >= 15 is 0 Å². The second-order valence-electron chi connectivity index (χ2n) is 8.90. The Morgan fingerprint density at radius 3 is 2.76 bits per heavy atom. The largest absolute Gasteiger partial charge is 0.421 e. The average Bonchev–Trinajstić information content (AvgIpc) is 3.47. The van der Waals surface area contributed by atoms with Crippen molar-refractivity contribution in [2.45, 2.75) is 65.1 Å². The molecule has 0 saturated carbocycles. The summed E-state index contributed by atoms with van der Waals surface area (Å²) in [5.41, 5.74) is 2.45. The molecule has 2 aliphatic heterocycles. The SMILES string of the molecule is CCn1ncc2c(NC3CCCCO3)c(-c3nnc(CC4CCN(C(C)=O)CC4)o3)cnc21. The van der Waals surface area contributed by atoms with Gasteiger partial charge >= 0.3 is 0 Å². The first-order valence-electron chi connectivity index (χ1n) is 11.9. The third-order valence-corrected chi connectivity index (χ3v) is 6.67. The van der Waals surface area contributed by atoms with Crippen LogP contribution in [-0.4, -0.2) is 61.7 Å². The molecule has 1 unspecified atom stereocenters. The number of hydrogen-bond acceptors (Lipinski definition) is 8. The van der Waals surface area contributed by atoms with Gasteiger partial charge in [-0.2, -0.15) is 5.10 Å². The van der Waals surface area contributed by atoms with E-state index in [2.05, 4.69) is 25.6 Å². The van der Waals surface area contributed by atoms with E-state index in [9.17, 15) is 4.79 Å². The Bertz CT molecular complexity index is 1110. The van der Waals surface area contributed by atoms with Crippen molar-refractivity contribution in [2.75, 3.05) is 25.0 Å². The highest BCUT2D eigenvalue weighted by atomic mass is 16.5. The number of rotatable bonds is 6. The maximum absolute atomic E-state index is 11.6. The Labute approximate surface area is 192 Å². The van der Waals surface area contributed by atoms with Crippen LogP contribution >= 0.6 is 0 Å². The van der Waals surface area contributed by atoms with E-state index in [0.29, 0.717) is 17.7 Å². The number of carbonyl (C=O) groups is 1. The van der Waals surface area contributed by atoms with Crippen molar-refractivity contribution in [3.05, 3.63) is 18.3 Å². The Morgan fingerprint density at radius 1 is 1.18 bits per heavy atom. The molecule has 5 rings (SSSR count). The third-order valence-electron chi connectivity index (χ3n) is 6.67. The van der Waals surface area contributed by atoms with E-state index in [-0.39, 0.29) is 12.1 Å². The van der Waals surface area contributed by atoms with Gasteiger partial charge < -0.3 is 19.4 Å². The summed E-state index contributed by atoms with van der Waals surface area (Å²) in [5.74, 6) is 1.65. The molecule has 33 heavy (non-hydrogen) atoms. The van der Waals surface area contributed by atoms with Gasteiger partial charge in [-0.1, -0.05) is 0 Å². The molecular weight excluding hydrogens is 422 g/mol. The van der Waals surface area contributed by atoms with Crippen LogP contribution in [0.1, 0.15) is 51.8 Å². The van der Waals surface area contributed by atoms with Gasteiger partial charge in [0.25, 0.3) is 5.89 Å². The van der Waals surface area contributed by atoms with Crippen LogP contribution in [-0.2, 0) is 22.5 Å². The summed E-state index contributed by atoms with van der Waals surface area (Å²) in [6.07, 6.45) is 9.33. The van der Waals surface area contributed by atoms with Gasteiger partial charge in [0.15, 0.2) is 5.65 Å². The molecule has 1 N–H and O–H groups in total. The van der Waals surface area contributed by atoms with Crippen LogP contribution in [0.25, 0.3) is 22.5 Å². The van der Waals surface area contributed by atoms with Crippen LogP contribution in [0.5, 0.6) is 0 Å². The minimum atomic E-state index is -0.0677. The summed E-state index contributed by atoms with van der Waals surface area (Å²) in [6, 6.07) is 0. The molecule has 1 atom stereocenters. The third kappa shape index (κ3) is 4.57. The minimum absolute atomic E-state index is 0.0677. The topological polar surface area (TPSA) is 111 Å². The molecular formula is C23H31N7O3. The lowest BCUT2D eigenvalue weighted by Gasteiger charge is -2.30. The summed E-state index contributed by atoms with van der Waals surface area (Å²) in [7, 11) is 0. The van der Waals surface area contributed by atoms with Crippen molar-refractivity contribution in [1.82, 2.24) is 29.9 Å². The highest BCUT2D eigenvalue weighted by Gasteiger charge is 2.25. The van der Waals surface area contributed by atoms with Crippen molar-refractivity contribution >= 4 is 22.6 Å². The van der Waals surface area contributed by atoms with Gasteiger partial charge in [-0.3, -0.25) is 4.79 Å². The molecule has 3 aromatic heterocycles. The van der Waals surface area contributed by atoms with Gasteiger partial charge in [-0.15, -0.1) is 10.2 Å². The number of nitrogens with one attached hydrogen (secondary N) is 1. The van der Waals surface area contributed by atoms with Crippen molar-refractivity contribution < 1.29 is 13.9 Å². The quantitative estimate of drug-likeness (QED) is 0.605. The van der Waals surface area contributed by atoms with Gasteiger partial charge in [0.2, 0.25) is 11.8 Å². The summed E-state index contributed by atoms with van der Waals surface area (Å²) in [6.45, 7) is 6.75. The molecule has 10 nitrogen and oxygen atoms in total. The van der Waals surface area contributed by atoms with Crippen LogP contribution < -0.4 is 5.32 Å². The zero-order valence-corrected chi connectivity index (χ0v) is 19.3. The van der Waals surface area contributed by atoms with Gasteiger partial charge in [-0.05, 0) is 44.9 Å². The van der Waals surface area contributed by atoms with Crippen molar-refractivity contribution in [3.8, 4) is 11.5 Å².